The van der Waals surface area contributed by atoms with E-state index in [9.17, 15) is 14.4 Å². The molecule has 2 atom stereocenters. The molecule has 6 fully saturated rings. The molecule has 0 saturated carbocycles. The molecule has 1 aromatic rings. The van der Waals surface area contributed by atoms with Gasteiger partial charge in [0.25, 0.3) is 0 Å². The average molecular weight is 956 g/mol. The van der Waals surface area contributed by atoms with Gasteiger partial charge in [0.15, 0.2) is 0 Å². The summed E-state index contributed by atoms with van der Waals surface area (Å²) >= 11 is 0. The summed E-state index contributed by atoms with van der Waals surface area (Å²) in [6, 6.07) is 10.3. The van der Waals surface area contributed by atoms with Gasteiger partial charge in [-0.15, -0.1) is 0 Å². The van der Waals surface area contributed by atoms with Crippen LogP contribution < -0.4 is 4.90 Å². The molecular formula is C56H106N8O4. The van der Waals surface area contributed by atoms with E-state index in [1.807, 2.05) is 23.6 Å². The second kappa shape index (κ2) is 31.4. The summed E-state index contributed by atoms with van der Waals surface area (Å²) in [4.78, 5) is 50.6. The molecule has 0 aromatic heterocycles. The second-order valence-corrected chi connectivity index (χ2v) is 22.8. The van der Waals surface area contributed by atoms with E-state index in [1.54, 1.807) is 30.7 Å². The maximum atomic E-state index is 11.3. The van der Waals surface area contributed by atoms with Gasteiger partial charge in [0, 0.05) is 104 Å². The van der Waals surface area contributed by atoms with Crippen LogP contribution in [0.3, 0.4) is 0 Å². The van der Waals surface area contributed by atoms with Gasteiger partial charge < -0.3 is 34.1 Å². The third kappa shape index (κ3) is 22.0. The van der Waals surface area contributed by atoms with Crippen molar-refractivity contribution in [1.82, 2.24) is 34.3 Å². The Morgan fingerprint density at radius 2 is 1.09 bits per heavy atom. The highest BCUT2D eigenvalue weighted by atomic mass is 16.5. The van der Waals surface area contributed by atoms with E-state index in [2.05, 4.69) is 134 Å². The van der Waals surface area contributed by atoms with Crippen molar-refractivity contribution in [3.63, 3.8) is 0 Å². The number of piperidine rings is 2. The van der Waals surface area contributed by atoms with Gasteiger partial charge >= 0.3 is 6.03 Å². The number of benzene rings is 1. The molecule has 0 spiro atoms. The predicted octanol–water partition coefficient (Wildman–Crippen LogP) is 9.96. The Labute approximate surface area is 418 Å². The third-order valence-corrected chi connectivity index (χ3v) is 15.3. The first-order valence-corrected chi connectivity index (χ1v) is 27.0. The SMILES string of the molecule is CC(=O)N1CCCC(C(C)C)C1.CC(=O)N1CCCC1C(C)C.CC(C)C1CCN(C)CC1.CC(C)N1CCN(C)CC1.CC(C)N1COCN(C)C1=O.Cc1ccc(N2CC(C(C)C)C2)cc1. The molecule has 12 nitrogen and oxygen atoms in total. The van der Waals surface area contributed by atoms with E-state index >= 15 is 0 Å². The zero-order chi connectivity index (χ0) is 51.2. The lowest BCUT2D eigenvalue weighted by molar-refractivity contribution is -0.131. The van der Waals surface area contributed by atoms with Gasteiger partial charge in [0.05, 0.1) is 0 Å². The molecule has 0 bridgehead atoms. The number of rotatable bonds is 7. The number of carbonyl (C=O) groups excluding carboxylic acids is 3. The molecule has 12 heteroatoms. The maximum absolute atomic E-state index is 11.3. The standard InChI is InChI=1S/C13H19N.C10H19NO.C9H17NO.C9H19N.C8H18N2.C7H14N2O2/c1-10(2)12-8-14(9-12)13-6-4-11(3)5-7-13;1-8(2)10-5-4-6-11(7-10)9(3)12;1-7(2)9-5-4-6-10(9)8(3)11;1-8(2)9-4-6-10(3)7-5-9;1-8(2)10-6-4-9(3)5-7-10;1-6(2)9-5-11-4-8(3)7(9)10/h4-7,10,12H,8-9H2,1-3H3;8,10H,4-7H2,1-3H3;7,9H,4-6H2,1-3H3;8-9H,4-7H2,1-3H3;8H,4-7H2,1-3H3;6H,4-5H2,1-3H3. The third-order valence-electron chi connectivity index (χ3n) is 15.3. The second-order valence-electron chi connectivity index (χ2n) is 22.8. The Kier molecular flexibility index (Phi) is 28.3. The van der Waals surface area contributed by atoms with E-state index in [1.165, 1.54) is 102 Å². The van der Waals surface area contributed by atoms with Crippen molar-refractivity contribution in [3.8, 4) is 0 Å². The molecule has 0 N–H and O–H groups in total. The topological polar surface area (TPSA) is 86.4 Å². The summed E-state index contributed by atoms with van der Waals surface area (Å²) in [6.45, 7) is 45.9. The first-order valence-electron chi connectivity index (χ1n) is 27.0. The molecule has 1 aromatic carbocycles. The first-order chi connectivity index (χ1) is 31.9. The number of ether oxygens (including phenoxy) is 1. The fourth-order valence-corrected chi connectivity index (χ4v) is 9.63. The number of likely N-dealkylation sites (tertiary alicyclic amines) is 3. The number of hydrogen-bond donors (Lipinski definition) is 0. The van der Waals surface area contributed by atoms with Crippen LogP contribution in [0.2, 0.25) is 0 Å². The molecule has 0 aliphatic carbocycles. The van der Waals surface area contributed by atoms with Crippen LogP contribution in [-0.4, -0.2) is 177 Å². The number of hydrogen-bond acceptors (Lipinski definition) is 8. The summed E-state index contributed by atoms with van der Waals surface area (Å²) in [6.07, 6.45) is 7.67. The van der Waals surface area contributed by atoms with Gasteiger partial charge in [-0.3, -0.25) is 19.4 Å². The molecule has 394 valence electrons. The fourth-order valence-electron chi connectivity index (χ4n) is 9.63. The zero-order valence-electron chi connectivity index (χ0n) is 47.2. The highest BCUT2D eigenvalue weighted by Crippen LogP contribution is 2.29. The zero-order valence-corrected chi connectivity index (χ0v) is 47.2. The number of nitrogens with zero attached hydrogens (tertiary/aromatic N) is 8. The molecule has 4 amide bonds. The molecule has 6 aliphatic heterocycles. The van der Waals surface area contributed by atoms with Gasteiger partial charge in [-0.2, -0.15) is 0 Å². The van der Waals surface area contributed by atoms with Gasteiger partial charge in [-0.05, 0) is 154 Å². The van der Waals surface area contributed by atoms with Crippen LogP contribution in [0.15, 0.2) is 24.3 Å². The number of amides is 4. The minimum Gasteiger partial charge on any atom is -0.371 e. The molecule has 6 heterocycles. The van der Waals surface area contributed by atoms with E-state index in [4.69, 9.17) is 4.74 Å². The Morgan fingerprint density at radius 1 is 0.559 bits per heavy atom. The number of carbonyl (C=O) groups is 3. The van der Waals surface area contributed by atoms with Crippen LogP contribution >= 0.6 is 0 Å². The monoisotopic (exact) mass is 955 g/mol. The Balaban J connectivity index is 0.000000281. The summed E-state index contributed by atoms with van der Waals surface area (Å²) in [5.41, 5.74) is 2.72. The number of aryl methyl sites for hydroxylation is 1. The molecule has 2 unspecified atom stereocenters. The molecule has 6 aliphatic rings. The largest absolute Gasteiger partial charge is 0.371 e. The van der Waals surface area contributed by atoms with E-state index in [0.717, 1.165) is 55.3 Å². The molecule has 6 saturated heterocycles. The minimum absolute atomic E-state index is 0.0475. The summed E-state index contributed by atoms with van der Waals surface area (Å²) in [7, 11) is 6.14. The van der Waals surface area contributed by atoms with Crippen LogP contribution in [0.4, 0.5) is 10.5 Å². The highest BCUT2D eigenvalue weighted by molar-refractivity contribution is 5.75. The van der Waals surface area contributed by atoms with Crippen LogP contribution in [-0.2, 0) is 14.3 Å². The predicted molar refractivity (Wildman–Crippen MR) is 287 cm³/mol. The Morgan fingerprint density at radius 3 is 1.53 bits per heavy atom. The molecule has 7 rings (SSSR count). The lowest BCUT2D eigenvalue weighted by Crippen LogP contribution is -2.51. The number of likely N-dealkylation sites (N-methyl/N-ethyl adjacent to an activating group) is 1. The minimum atomic E-state index is 0.0475. The molecular weight excluding hydrogens is 849 g/mol. The summed E-state index contributed by atoms with van der Waals surface area (Å²) < 4.78 is 5.16. The fraction of sp³-hybridized carbons (Fsp3) is 0.839. The smallest absolute Gasteiger partial charge is 0.323 e. The van der Waals surface area contributed by atoms with Gasteiger partial charge in [-0.1, -0.05) is 73.1 Å². The maximum Gasteiger partial charge on any atom is 0.323 e. The van der Waals surface area contributed by atoms with Crippen molar-refractivity contribution in [2.45, 2.75) is 161 Å². The van der Waals surface area contributed by atoms with Crippen molar-refractivity contribution < 1.29 is 19.1 Å². The van der Waals surface area contributed by atoms with Gasteiger partial charge in [-0.25, -0.2) is 4.79 Å². The van der Waals surface area contributed by atoms with Crippen LogP contribution in [0.5, 0.6) is 0 Å². The quantitative estimate of drug-likeness (QED) is 0.267. The molecule has 0 radical (unpaired) electrons. The number of piperazine rings is 1. The lowest BCUT2D eigenvalue weighted by Gasteiger charge is -2.43. The summed E-state index contributed by atoms with van der Waals surface area (Å²) in [5, 5.41) is 0. The van der Waals surface area contributed by atoms with Crippen molar-refractivity contribution in [2.24, 2.45) is 41.4 Å². The number of anilines is 1. The highest BCUT2D eigenvalue weighted by Gasteiger charge is 2.30. The normalized spacial score (nSPS) is 22.2. The Bertz CT molecular complexity index is 1510. The van der Waals surface area contributed by atoms with Crippen molar-refractivity contribution in [2.75, 3.05) is 111 Å². The van der Waals surface area contributed by atoms with E-state index < -0.39 is 0 Å². The average Bonchev–Trinajstić information content (AvgIpc) is 3.78. The van der Waals surface area contributed by atoms with Crippen LogP contribution in [0.1, 0.15) is 141 Å². The van der Waals surface area contributed by atoms with Crippen molar-refractivity contribution in [3.05, 3.63) is 29.8 Å². The van der Waals surface area contributed by atoms with Crippen molar-refractivity contribution in [1.29, 1.82) is 0 Å². The van der Waals surface area contributed by atoms with Gasteiger partial charge in [0.2, 0.25) is 11.8 Å². The number of urea groups is 1. The van der Waals surface area contributed by atoms with Crippen molar-refractivity contribution >= 4 is 23.5 Å². The summed E-state index contributed by atoms with van der Waals surface area (Å²) in [5.74, 6) is 6.15. The van der Waals surface area contributed by atoms with E-state index in [-0.39, 0.29) is 23.9 Å². The van der Waals surface area contributed by atoms with Gasteiger partial charge in [0.1, 0.15) is 13.5 Å². The lowest BCUT2D eigenvalue weighted by atomic mass is 9.87. The molecule has 68 heavy (non-hydrogen) atoms. The Hall–Kier alpha value is -2.93. The van der Waals surface area contributed by atoms with Crippen LogP contribution in [0, 0.1) is 48.3 Å². The first kappa shape index (κ1) is 61.2. The van der Waals surface area contributed by atoms with Crippen LogP contribution in [0.25, 0.3) is 0 Å². The van der Waals surface area contributed by atoms with E-state index in [0.29, 0.717) is 31.3 Å².